The van der Waals surface area contributed by atoms with Crippen LogP contribution in [0.3, 0.4) is 0 Å². The van der Waals surface area contributed by atoms with Gasteiger partial charge >= 0.3 is 0 Å². The predicted octanol–water partition coefficient (Wildman–Crippen LogP) is 3.29. The zero-order valence-corrected chi connectivity index (χ0v) is 12.0. The molecule has 0 saturated carbocycles. The van der Waals surface area contributed by atoms with Gasteiger partial charge in [0.15, 0.2) is 0 Å². The molecule has 1 aliphatic heterocycles. The fraction of sp³-hybridized carbons (Fsp3) is 0.714. The van der Waals surface area contributed by atoms with E-state index in [4.69, 9.17) is 4.74 Å². The van der Waals surface area contributed by atoms with Gasteiger partial charge in [0.05, 0.1) is 6.10 Å². The monoisotopic (exact) mass is 272 g/mol. The van der Waals surface area contributed by atoms with Gasteiger partial charge in [-0.3, -0.25) is 0 Å². The molecule has 0 aromatic carbocycles. The summed E-state index contributed by atoms with van der Waals surface area (Å²) in [6.45, 7) is 5.38. The minimum absolute atomic E-state index is 0. The zero-order valence-electron chi connectivity index (χ0n) is 11.2. The minimum Gasteiger partial charge on any atom is -0.372 e. The number of rotatable bonds is 6. The Morgan fingerprint density at radius 2 is 2.39 bits per heavy atom. The van der Waals surface area contributed by atoms with Crippen LogP contribution in [-0.4, -0.2) is 24.7 Å². The topological polar surface area (TPSA) is 37.0 Å². The summed E-state index contributed by atoms with van der Waals surface area (Å²) in [7, 11) is 0. The van der Waals surface area contributed by atoms with Gasteiger partial charge in [-0.1, -0.05) is 0 Å². The second kappa shape index (κ2) is 8.57. The fourth-order valence-corrected chi connectivity index (χ4v) is 2.49. The summed E-state index contributed by atoms with van der Waals surface area (Å²) in [5.41, 5.74) is 1.17. The lowest BCUT2D eigenvalue weighted by atomic mass is 9.95. The van der Waals surface area contributed by atoms with Gasteiger partial charge in [0.2, 0.25) is 0 Å². The van der Waals surface area contributed by atoms with E-state index in [1.54, 1.807) is 0 Å². The molecule has 0 amide bonds. The molecule has 0 aliphatic carbocycles. The van der Waals surface area contributed by atoms with Gasteiger partial charge in [-0.05, 0) is 63.7 Å². The molecule has 1 aromatic rings. The largest absolute Gasteiger partial charge is 0.372 e. The molecule has 0 spiro atoms. The Hall–Kier alpha value is -0.510. The molecule has 4 heteroatoms. The molecule has 1 aromatic heterocycles. The Morgan fingerprint density at radius 1 is 1.50 bits per heavy atom. The van der Waals surface area contributed by atoms with Crippen LogP contribution in [0.25, 0.3) is 0 Å². The van der Waals surface area contributed by atoms with Crippen molar-refractivity contribution in [2.45, 2.75) is 38.7 Å². The number of halogens is 1. The van der Waals surface area contributed by atoms with Crippen LogP contribution in [0.2, 0.25) is 0 Å². The van der Waals surface area contributed by atoms with E-state index in [1.165, 1.54) is 44.5 Å². The van der Waals surface area contributed by atoms with Crippen molar-refractivity contribution in [1.29, 1.82) is 0 Å². The molecule has 2 unspecified atom stereocenters. The third-order valence-electron chi connectivity index (χ3n) is 3.58. The molecule has 18 heavy (non-hydrogen) atoms. The Bertz CT molecular complexity index is 297. The van der Waals surface area contributed by atoms with E-state index >= 15 is 0 Å². The minimum atomic E-state index is 0. The molecule has 1 aliphatic rings. The lowest BCUT2D eigenvalue weighted by molar-refractivity contribution is 0.0578. The normalized spacial score (nSPS) is 21.3. The van der Waals surface area contributed by atoms with Crippen LogP contribution < -0.4 is 5.32 Å². The third kappa shape index (κ3) is 5.01. The first-order chi connectivity index (χ1) is 8.36. The van der Waals surface area contributed by atoms with Gasteiger partial charge in [-0.2, -0.15) is 0 Å². The van der Waals surface area contributed by atoms with Crippen molar-refractivity contribution in [2.24, 2.45) is 5.92 Å². The van der Waals surface area contributed by atoms with Gasteiger partial charge in [-0.15, -0.1) is 12.4 Å². The first kappa shape index (κ1) is 15.5. The van der Waals surface area contributed by atoms with Crippen LogP contribution in [0.15, 0.2) is 18.3 Å². The van der Waals surface area contributed by atoms with E-state index in [9.17, 15) is 0 Å². The number of piperidine rings is 1. The molecule has 2 atom stereocenters. The van der Waals surface area contributed by atoms with Crippen LogP contribution in [0, 0.1) is 5.92 Å². The summed E-state index contributed by atoms with van der Waals surface area (Å²) in [4.78, 5) is 3.19. The van der Waals surface area contributed by atoms with Crippen LogP contribution in [0.4, 0.5) is 0 Å². The summed E-state index contributed by atoms with van der Waals surface area (Å²) in [6.07, 6.45) is 7.34. The van der Waals surface area contributed by atoms with Crippen molar-refractivity contribution in [3.05, 3.63) is 24.0 Å². The van der Waals surface area contributed by atoms with E-state index in [-0.39, 0.29) is 18.5 Å². The van der Waals surface area contributed by atoms with E-state index in [2.05, 4.69) is 23.3 Å². The number of aromatic amines is 1. The van der Waals surface area contributed by atoms with Gasteiger partial charge in [0, 0.05) is 18.5 Å². The first-order valence-electron chi connectivity index (χ1n) is 6.82. The summed E-state index contributed by atoms with van der Waals surface area (Å²) in [5, 5.41) is 3.46. The van der Waals surface area contributed by atoms with Gasteiger partial charge in [0.1, 0.15) is 0 Å². The van der Waals surface area contributed by atoms with Gasteiger partial charge in [-0.25, -0.2) is 0 Å². The number of nitrogens with one attached hydrogen (secondary N) is 2. The Morgan fingerprint density at radius 3 is 3.06 bits per heavy atom. The first-order valence-corrected chi connectivity index (χ1v) is 6.82. The van der Waals surface area contributed by atoms with Crippen LogP contribution in [0.1, 0.15) is 44.4 Å². The number of aromatic nitrogens is 1. The molecular weight excluding hydrogens is 248 g/mol. The van der Waals surface area contributed by atoms with Crippen molar-refractivity contribution < 1.29 is 4.74 Å². The van der Waals surface area contributed by atoms with E-state index in [0.717, 1.165) is 12.5 Å². The molecule has 1 fully saturated rings. The van der Waals surface area contributed by atoms with Crippen LogP contribution in [-0.2, 0) is 4.74 Å². The SMILES string of the molecule is CC(OCCCC1CCCNC1)c1ccc[nH]1.Cl. The average molecular weight is 273 g/mol. The van der Waals surface area contributed by atoms with Crippen LogP contribution >= 0.6 is 12.4 Å². The zero-order chi connectivity index (χ0) is 11.9. The number of hydrogen-bond acceptors (Lipinski definition) is 2. The third-order valence-corrected chi connectivity index (χ3v) is 3.58. The van der Waals surface area contributed by atoms with Gasteiger partial charge < -0.3 is 15.0 Å². The van der Waals surface area contributed by atoms with E-state index in [0.29, 0.717) is 0 Å². The second-order valence-corrected chi connectivity index (χ2v) is 4.99. The summed E-state index contributed by atoms with van der Waals surface area (Å²) in [5.74, 6) is 0.869. The van der Waals surface area contributed by atoms with Gasteiger partial charge in [0.25, 0.3) is 0 Å². The fourth-order valence-electron chi connectivity index (χ4n) is 2.49. The quantitative estimate of drug-likeness (QED) is 0.780. The lowest BCUT2D eigenvalue weighted by Crippen LogP contribution is -2.29. The number of ether oxygens (including phenoxy) is 1. The Labute approximate surface area is 116 Å². The van der Waals surface area contributed by atoms with Crippen molar-refractivity contribution >= 4 is 12.4 Å². The predicted molar refractivity (Wildman–Crippen MR) is 77.2 cm³/mol. The molecule has 1 saturated heterocycles. The lowest BCUT2D eigenvalue weighted by Gasteiger charge is -2.22. The highest BCUT2D eigenvalue weighted by atomic mass is 35.5. The Kier molecular flexibility index (Phi) is 7.40. The van der Waals surface area contributed by atoms with E-state index < -0.39 is 0 Å². The molecule has 104 valence electrons. The Balaban J connectivity index is 0.00000162. The van der Waals surface area contributed by atoms with Crippen molar-refractivity contribution in [3.8, 4) is 0 Å². The molecular formula is C14H25ClN2O. The molecule has 3 nitrogen and oxygen atoms in total. The van der Waals surface area contributed by atoms with Crippen molar-refractivity contribution in [3.63, 3.8) is 0 Å². The van der Waals surface area contributed by atoms with Crippen molar-refractivity contribution in [1.82, 2.24) is 10.3 Å². The highest BCUT2D eigenvalue weighted by Crippen LogP contribution is 2.18. The van der Waals surface area contributed by atoms with Crippen molar-refractivity contribution in [2.75, 3.05) is 19.7 Å². The second-order valence-electron chi connectivity index (χ2n) is 4.99. The summed E-state index contributed by atoms with van der Waals surface area (Å²) >= 11 is 0. The van der Waals surface area contributed by atoms with Crippen LogP contribution in [0.5, 0.6) is 0 Å². The maximum Gasteiger partial charge on any atom is 0.0944 e. The smallest absolute Gasteiger partial charge is 0.0944 e. The highest BCUT2D eigenvalue weighted by molar-refractivity contribution is 5.85. The maximum absolute atomic E-state index is 5.83. The standard InChI is InChI=1S/C14H24N2O.ClH/c1-12(14-7-3-9-16-14)17-10-4-6-13-5-2-8-15-11-13;/h3,7,9,12-13,15-16H,2,4-6,8,10-11H2,1H3;1H. The van der Waals surface area contributed by atoms with E-state index in [1.807, 2.05) is 12.3 Å². The molecule has 0 bridgehead atoms. The number of H-pyrrole nitrogens is 1. The summed E-state index contributed by atoms with van der Waals surface area (Å²) in [6, 6.07) is 4.10. The maximum atomic E-state index is 5.83. The summed E-state index contributed by atoms with van der Waals surface area (Å²) < 4.78 is 5.83. The molecule has 2 N–H and O–H groups in total. The molecule has 2 rings (SSSR count). The highest BCUT2D eigenvalue weighted by Gasteiger charge is 2.12. The molecule has 2 heterocycles. The molecule has 0 radical (unpaired) electrons. The number of hydrogen-bond donors (Lipinski definition) is 2. The average Bonchev–Trinajstić information content (AvgIpc) is 2.89.